The molecule has 0 bridgehead atoms. The topological polar surface area (TPSA) is 38.7 Å². The van der Waals surface area contributed by atoms with Crippen molar-refractivity contribution in [2.45, 2.75) is 18.4 Å². The second-order valence-corrected chi connectivity index (χ2v) is 5.08. The number of aliphatic hydroxyl groups is 1. The summed E-state index contributed by atoms with van der Waals surface area (Å²) < 4.78 is 10.8. The van der Waals surface area contributed by atoms with Gasteiger partial charge in [-0.2, -0.15) is 0 Å². The number of aliphatic hydroxyl groups excluding tert-OH is 1. The fourth-order valence-corrected chi connectivity index (χ4v) is 2.69. The van der Waals surface area contributed by atoms with Crippen molar-refractivity contribution in [3.8, 4) is 11.5 Å². The van der Waals surface area contributed by atoms with Crippen LogP contribution in [-0.4, -0.2) is 24.9 Å². The highest BCUT2D eigenvalue weighted by Gasteiger charge is 2.30. The monoisotopic (exact) mass is 270 g/mol. The van der Waals surface area contributed by atoms with Crippen molar-refractivity contribution < 1.29 is 14.6 Å². The average Bonchev–Trinajstić information content (AvgIpc) is 2.91. The molecule has 0 spiro atoms. The molecule has 0 amide bonds. The molecule has 0 saturated heterocycles. The van der Waals surface area contributed by atoms with Gasteiger partial charge in [-0.25, -0.2) is 0 Å². The van der Waals surface area contributed by atoms with E-state index in [1.54, 1.807) is 7.11 Å². The molecule has 104 valence electrons. The SMILES string of the molecule is COc1cccc(CC(O)C2COc3ccccc32)c1. The number of methoxy groups -OCH3 is 1. The van der Waals surface area contributed by atoms with Crippen LogP contribution in [0.2, 0.25) is 0 Å². The molecule has 1 aliphatic rings. The van der Waals surface area contributed by atoms with Crippen molar-refractivity contribution >= 4 is 0 Å². The van der Waals surface area contributed by atoms with E-state index >= 15 is 0 Å². The van der Waals surface area contributed by atoms with Crippen LogP contribution in [0.3, 0.4) is 0 Å². The minimum atomic E-state index is -0.453. The van der Waals surface area contributed by atoms with Gasteiger partial charge in [0, 0.05) is 11.5 Å². The van der Waals surface area contributed by atoms with Crippen LogP contribution in [0.25, 0.3) is 0 Å². The van der Waals surface area contributed by atoms with Gasteiger partial charge in [0.1, 0.15) is 11.5 Å². The van der Waals surface area contributed by atoms with E-state index in [-0.39, 0.29) is 5.92 Å². The Morgan fingerprint density at radius 2 is 2.10 bits per heavy atom. The summed E-state index contributed by atoms with van der Waals surface area (Å²) >= 11 is 0. The highest BCUT2D eigenvalue weighted by atomic mass is 16.5. The Kier molecular flexibility index (Phi) is 3.61. The van der Waals surface area contributed by atoms with E-state index in [9.17, 15) is 5.11 Å². The molecule has 2 aromatic carbocycles. The Bertz CT molecular complexity index is 594. The Hall–Kier alpha value is -2.00. The highest BCUT2D eigenvalue weighted by molar-refractivity contribution is 5.40. The standard InChI is InChI=1S/C17H18O3/c1-19-13-6-4-5-12(9-13)10-16(18)15-11-20-17-8-3-2-7-14(15)17/h2-9,15-16,18H,10-11H2,1H3. The third kappa shape index (κ3) is 2.49. The Morgan fingerprint density at radius 3 is 2.95 bits per heavy atom. The Balaban J connectivity index is 1.75. The number of para-hydroxylation sites is 1. The van der Waals surface area contributed by atoms with Crippen molar-refractivity contribution in [3.63, 3.8) is 0 Å². The van der Waals surface area contributed by atoms with E-state index in [1.165, 1.54) is 0 Å². The average molecular weight is 270 g/mol. The van der Waals surface area contributed by atoms with Gasteiger partial charge in [0.15, 0.2) is 0 Å². The van der Waals surface area contributed by atoms with Crippen molar-refractivity contribution in [3.05, 3.63) is 59.7 Å². The van der Waals surface area contributed by atoms with Gasteiger partial charge >= 0.3 is 0 Å². The zero-order chi connectivity index (χ0) is 13.9. The van der Waals surface area contributed by atoms with E-state index in [4.69, 9.17) is 9.47 Å². The first-order valence-corrected chi connectivity index (χ1v) is 6.80. The van der Waals surface area contributed by atoms with Gasteiger partial charge in [-0.3, -0.25) is 0 Å². The van der Waals surface area contributed by atoms with E-state index in [0.717, 1.165) is 22.6 Å². The van der Waals surface area contributed by atoms with Crippen LogP contribution in [-0.2, 0) is 6.42 Å². The van der Waals surface area contributed by atoms with Crippen LogP contribution >= 0.6 is 0 Å². The summed E-state index contributed by atoms with van der Waals surface area (Å²) in [6.07, 6.45) is 0.144. The van der Waals surface area contributed by atoms with Crippen LogP contribution in [0.15, 0.2) is 48.5 Å². The van der Waals surface area contributed by atoms with Crippen LogP contribution in [0.4, 0.5) is 0 Å². The number of ether oxygens (including phenoxy) is 2. The zero-order valence-electron chi connectivity index (χ0n) is 11.5. The van der Waals surface area contributed by atoms with Crippen LogP contribution in [0, 0.1) is 0 Å². The molecule has 1 N–H and O–H groups in total. The molecular weight excluding hydrogens is 252 g/mol. The molecule has 2 atom stereocenters. The molecule has 3 heteroatoms. The minimum Gasteiger partial charge on any atom is -0.497 e. The fraction of sp³-hybridized carbons (Fsp3) is 0.294. The quantitative estimate of drug-likeness (QED) is 0.928. The summed E-state index contributed by atoms with van der Waals surface area (Å²) in [5.74, 6) is 1.75. The number of hydrogen-bond acceptors (Lipinski definition) is 3. The number of fused-ring (bicyclic) bond motifs is 1. The first-order chi connectivity index (χ1) is 9.78. The summed E-state index contributed by atoms with van der Waals surface area (Å²) in [5.41, 5.74) is 2.17. The second-order valence-electron chi connectivity index (χ2n) is 5.08. The lowest BCUT2D eigenvalue weighted by Gasteiger charge is -2.17. The molecule has 0 fully saturated rings. The predicted octanol–water partition coefficient (Wildman–Crippen LogP) is 2.77. The molecular formula is C17H18O3. The maximum atomic E-state index is 10.5. The molecule has 2 unspecified atom stereocenters. The molecule has 0 aromatic heterocycles. The zero-order valence-corrected chi connectivity index (χ0v) is 11.5. The van der Waals surface area contributed by atoms with E-state index < -0.39 is 6.10 Å². The normalized spacial score (nSPS) is 18.2. The van der Waals surface area contributed by atoms with Gasteiger partial charge in [0.2, 0.25) is 0 Å². The van der Waals surface area contributed by atoms with Gasteiger partial charge in [0.25, 0.3) is 0 Å². The molecule has 0 radical (unpaired) electrons. The van der Waals surface area contributed by atoms with Crippen molar-refractivity contribution in [2.75, 3.05) is 13.7 Å². The molecule has 3 rings (SSSR count). The third-order valence-corrected chi connectivity index (χ3v) is 3.78. The van der Waals surface area contributed by atoms with Crippen LogP contribution < -0.4 is 9.47 Å². The van der Waals surface area contributed by atoms with E-state index in [2.05, 4.69) is 0 Å². The van der Waals surface area contributed by atoms with Crippen LogP contribution in [0.5, 0.6) is 11.5 Å². The molecule has 1 heterocycles. The summed E-state index contributed by atoms with van der Waals surface area (Å²) in [6, 6.07) is 15.7. The van der Waals surface area contributed by atoms with Gasteiger partial charge in [0.05, 0.1) is 19.8 Å². The molecule has 1 aliphatic heterocycles. The Morgan fingerprint density at radius 1 is 1.25 bits per heavy atom. The lowest BCUT2D eigenvalue weighted by Crippen LogP contribution is -2.22. The van der Waals surface area contributed by atoms with E-state index in [0.29, 0.717) is 13.0 Å². The number of rotatable bonds is 4. The molecule has 3 nitrogen and oxygen atoms in total. The molecule has 0 saturated carbocycles. The molecule has 0 aliphatic carbocycles. The van der Waals surface area contributed by atoms with Crippen molar-refractivity contribution in [2.24, 2.45) is 0 Å². The summed E-state index contributed by atoms with van der Waals surface area (Å²) in [4.78, 5) is 0. The number of benzene rings is 2. The third-order valence-electron chi connectivity index (χ3n) is 3.78. The lowest BCUT2D eigenvalue weighted by molar-refractivity contribution is 0.129. The second kappa shape index (κ2) is 5.55. The van der Waals surface area contributed by atoms with Crippen LogP contribution in [0.1, 0.15) is 17.0 Å². The van der Waals surface area contributed by atoms with Gasteiger partial charge < -0.3 is 14.6 Å². The first kappa shape index (κ1) is 13.0. The molecule has 20 heavy (non-hydrogen) atoms. The predicted molar refractivity (Wildman–Crippen MR) is 77.4 cm³/mol. The van der Waals surface area contributed by atoms with Crippen molar-refractivity contribution in [1.29, 1.82) is 0 Å². The summed E-state index contributed by atoms with van der Waals surface area (Å²) in [7, 11) is 1.65. The highest BCUT2D eigenvalue weighted by Crippen LogP contribution is 2.36. The van der Waals surface area contributed by atoms with Gasteiger partial charge in [-0.15, -0.1) is 0 Å². The Labute approximate surface area is 118 Å². The number of hydrogen-bond donors (Lipinski definition) is 1. The fourth-order valence-electron chi connectivity index (χ4n) is 2.69. The maximum Gasteiger partial charge on any atom is 0.123 e. The maximum absolute atomic E-state index is 10.5. The lowest BCUT2D eigenvalue weighted by atomic mass is 9.91. The van der Waals surface area contributed by atoms with Crippen molar-refractivity contribution in [1.82, 2.24) is 0 Å². The minimum absolute atomic E-state index is 0.0393. The first-order valence-electron chi connectivity index (χ1n) is 6.80. The van der Waals surface area contributed by atoms with E-state index in [1.807, 2.05) is 48.5 Å². The largest absolute Gasteiger partial charge is 0.497 e. The smallest absolute Gasteiger partial charge is 0.123 e. The molecule has 2 aromatic rings. The van der Waals surface area contributed by atoms with Gasteiger partial charge in [-0.05, 0) is 30.2 Å². The van der Waals surface area contributed by atoms with Gasteiger partial charge in [-0.1, -0.05) is 30.3 Å². The summed E-state index contributed by atoms with van der Waals surface area (Å²) in [6.45, 7) is 0.546. The summed E-state index contributed by atoms with van der Waals surface area (Å²) in [5, 5.41) is 10.5.